The lowest BCUT2D eigenvalue weighted by atomic mass is 9.83. The van der Waals surface area contributed by atoms with Gasteiger partial charge in [-0.3, -0.25) is 19.3 Å². The molecule has 2 fully saturated rings. The molecule has 1 heterocycles. The van der Waals surface area contributed by atoms with E-state index in [1.165, 1.54) is 4.90 Å². The van der Waals surface area contributed by atoms with Gasteiger partial charge >= 0.3 is 0 Å². The van der Waals surface area contributed by atoms with Crippen LogP contribution in [0, 0.1) is 11.8 Å². The van der Waals surface area contributed by atoms with Crippen LogP contribution in [0.25, 0.3) is 0 Å². The van der Waals surface area contributed by atoms with Crippen LogP contribution in [0.5, 0.6) is 0 Å². The van der Waals surface area contributed by atoms with Gasteiger partial charge in [-0.05, 0) is 32.6 Å². The van der Waals surface area contributed by atoms with Gasteiger partial charge in [0.15, 0.2) is 0 Å². The van der Waals surface area contributed by atoms with Crippen molar-refractivity contribution in [3.63, 3.8) is 0 Å². The van der Waals surface area contributed by atoms with Crippen molar-refractivity contribution < 1.29 is 14.4 Å². The molecule has 0 spiro atoms. The summed E-state index contributed by atoms with van der Waals surface area (Å²) in [7, 11) is 0. The summed E-state index contributed by atoms with van der Waals surface area (Å²) in [4.78, 5) is 36.3. The molecule has 1 aliphatic carbocycles. The van der Waals surface area contributed by atoms with Crippen LogP contribution in [0.1, 0.15) is 46.0 Å². The van der Waals surface area contributed by atoms with Gasteiger partial charge in [0.2, 0.25) is 11.8 Å². The Labute approximate surface area is 101 Å². The summed E-state index contributed by atoms with van der Waals surface area (Å²) < 4.78 is 0. The lowest BCUT2D eigenvalue weighted by Crippen LogP contribution is -2.42. The first-order chi connectivity index (χ1) is 8.00. The Morgan fingerprint density at radius 1 is 1.18 bits per heavy atom. The van der Waals surface area contributed by atoms with E-state index in [2.05, 4.69) is 0 Å². The maximum atomic E-state index is 11.9. The molecule has 0 bridgehead atoms. The molecule has 0 aromatic carbocycles. The first kappa shape index (κ1) is 12.3. The summed E-state index contributed by atoms with van der Waals surface area (Å²) >= 11 is 0. The van der Waals surface area contributed by atoms with Gasteiger partial charge in [0.05, 0.1) is 0 Å². The van der Waals surface area contributed by atoms with Gasteiger partial charge in [0.1, 0.15) is 5.78 Å². The quantitative estimate of drug-likeness (QED) is 0.684. The Hall–Kier alpha value is -1.19. The normalized spacial score (nSPS) is 34.2. The number of hydrogen-bond acceptors (Lipinski definition) is 3. The fourth-order valence-electron chi connectivity index (χ4n) is 2.93. The van der Waals surface area contributed by atoms with Gasteiger partial charge in [0, 0.05) is 24.3 Å². The average Bonchev–Trinajstić information content (AvgIpc) is 2.53. The fraction of sp³-hybridized carbons (Fsp3) is 0.769. The van der Waals surface area contributed by atoms with Crippen LogP contribution >= 0.6 is 0 Å². The van der Waals surface area contributed by atoms with Gasteiger partial charge in [0.25, 0.3) is 0 Å². The van der Waals surface area contributed by atoms with E-state index in [9.17, 15) is 14.4 Å². The molecular weight excluding hydrogens is 218 g/mol. The highest BCUT2D eigenvalue weighted by molar-refractivity contribution is 6.03. The molecule has 17 heavy (non-hydrogen) atoms. The van der Waals surface area contributed by atoms with Gasteiger partial charge in [-0.1, -0.05) is 6.92 Å². The number of nitrogens with zero attached hydrogens (tertiary/aromatic N) is 1. The molecule has 4 heteroatoms. The number of amides is 2. The highest BCUT2D eigenvalue weighted by atomic mass is 16.2. The third-order valence-corrected chi connectivity index (χ3v) is 4.05. The Morgan fingerprint density at radius 2 is 1.76 bits per heavy atom. The molecular formula is C13H19NO3. The van der Waals surface area contributed by atoms with E-state index < -0.39 is 0 Å². The molecule has 1 unspecified atom stereocenters. The van der Waals surface area contributed by atoms with Gasteiger partial charge in [-0.25, -0.2) is 0 Å². The number of ketones is 1. The predicted molar refractivity (Wildman–Crippen MR) is 62.1 cm³/mol. The fourth-order valence-corrected chi connectivity index (χ4v) is 2.93. The number of likely N-dealkylation sites (tertiary alicyclic amines) is 1. The Bertz CT molecular complexity index is 356. The molecule has 4 nitrogen and oxygen atoms in total. The van der Waals surface area contributed by atoms with Crippen LogP contribution < -0.4 is 0 Å². The second-order valence-electron chi connectivity index (χ2n) is 5.32. The van der Waals surface area contributed by atoms with Crippen LogP contribution in [0.4, 0.5) is 0 Å². The SMILES string of the molecule is CC(=O)C1CCC(N2C(=O)CC(C)C2=O)CC1. The van der Waals surface area contributed by atoms with Crippen molar-refractivity contribution in [2.75, 3.05) is 0 Å². The van der Waals surface area contributed by atoms with Crippen LogP contribution in [0.3, 0.4) is 0 Å². The van der Waals surface area contributed by atoms with Crippen molar-refractivity contribution in [1.82, 2.24) is 4.90 Å². The number of hydrogen-bond donors (Lipinski definition) is 0. The first-order valence-electron chi connectivity index (χ1n) is 6.37. The van der Waals surface area contributed by atoms with Crippen LogP contribution in [-0.2, 0) is 14.4 Å². The lowest BCUT2D eigenvalue weighted by Gasteiger charge is -2.32. The van der Waals surface area contributed by atoms with E-state index in [4.69, 9.17) is 0 Å². The average molecular weight is 237 g/mol. The summed E-state index contributed by atoms with van der Waals surface area (Å²) in [5, 5.41) is 0. The summed E-state index contributed by atoms with van der Waals surface area (Å²) in [6.45, 7) is 3.43. The Morgan fingerprint density at radius 3 is 2.18 bits per heavy atom. The molecule has 2 amide bonds. The van der Waals surface area contributed by atoms with E-state index in [0.717, 1.165) is 25.7 Å². The third-order valence-electron chi connectivity index (χ3n) is 4.05. The number of rotatable bonds is 2. The molecule has 94 valence electrons. The predicted octanol–water partition coefficient (Wildman–Crippen LogP) is 1.53. The molecule has 0 radical (unpaired) electrons. The minimum atomic E-state index is -0.159. The highest BCUT2D eigenvalue weighted by Gasteiger charge is 2.41. The van der Waals surface area contributed by atoms with Crippen molar-refractivity contribution in [2.45, 2.75) is 52.0 Å². The van der Waals surface area contributed by atoms with Crippen molar-refractivity contribution in [2.24, 2.45) is 11.8 Å². The van der Waals surface area contributed by atoms with Crippen LogP contribution in [0.2, 0.25) is 0 Å². The van der Waals surface area contributed by atoms with E-state index in [1.54, 1.807) is 13.8 Å². The number of carbonyl (C=O) groups excluding carboxylic acids is 3. The van der Waals surface area contributed by atoms with E-state index in [-0.39, 0.29) is 35.5 Å². The third kappa shape index (κ3) is 2.26. The van der Waals surface area contributed by atoms with Crippen molar-refractivity contribution in [1.29, 1.82) is 0 Å². The molecule has 0 aromatic heterocycles. The zero-order valence-electron chi connectivity index (χ0n) is 10.4. The lowest BCUT2D eigenvalue weighted by molar-refractivity contribution is -0.142. The summed E-state index contributed by atoms with van der Waals surface area (Å²) in [6.07, 6.45) is 3.55. The number of carbonyl (C=O) groups is 3. The summed E-state index contributed by atoms with van der Waals surface area (Å²) in [5.41, 5.74) is 0. The smallest absolute Gasteiger partial charge is 0.232 e. The van der Waals surface area contributed by atoms with Crippen LogP contribution in [0.15, 0.2) is 0 Å². The molecule has 0 aromatic rings. The molecule has 2 aliphatic rings. The van der Waals surface area contributed by atoms with Gasteiger partial charge in [-0.15, -0.1) is 0 Å². The topological polar surface area (TPSA) is 54.5 Å². The van der Waals surface area contributed by atoms with Gasteiger partial charge in [-0.2, -0.15) is 0 Å². The summed E-state index contributed by atoms with van der Waals surface area (Å²) in [6, 6.07) is 0.0375. The maximum absolute atomic E-state index is 11.9. The van der Waals surface area contributed by atoms with Gasteiger partial charge < -0.3 is 0 Å². The monoisotopic (exact) mass is 237 g/mol. The highest BCUT2D eigenvalue weighted by Crippen LogP contribution is 2.32. The zero-order chi connectivity index (χ0) is 12.6. The molecule has 0 N–H and O–H groups in total. The first-order valence-corrected chi connectivity index (χ1v) is 6.37. The second-order valence-corrected chi connectivity index (χ2v) is 5.32. The molecule has 1 atom stereocenters. The zero-order valence-corrected chi connectivity index (χ0v) is 10.4. The molecule has 2 rings (SSSR count). The minimum Gasteiger partial charge on any atom is -0.300 e. The van der Waals surface area contributed by atoms with E-state index >= 15 is 0 Å². The van der Waals surface area contributed by atoms with Crippen molar-refractivity contribution >= 4 is 17.6 Å². The summed E-state index contributed by atoms with van der Waals surface area (Å²) in [5.74, 6) is 0.149. The number of Topliss-reactive ketones (excluding diaryl/α,β-unsaturated/α-hetero) is 1. The second kappa shape index (κ2) is 4.59. The Balaban J connectivity index is 1.99. The van der Waals surface area contributed by atoms with Crippen LogP contribution in [-0.4, -0.2) is 28.5 Å². The maximum Gasteiger partial charge on any atom is 0.232 e. The van der Waals surface area contributed by atoms with E-state index in [1.807, 2.05) is 0 Å². The Kier molecular flexibility index (Phi) is 3.31. The number of imide groups is 1. The molecule has 1 saturated heterocycles. The van der Waals surface area contributed by atoms with Crippen molar-refractivity contribution in [3.05, 3.63) is 0 Å². The largest absolute Gasteiger partial charge is 0.300 e. The van der Waals surface area contributed by atoms with E-state index in [0.29, 0.717) is 6.42 Å². The standard InChI is InChI=1S/C13H19NO3/c1-8-7-12(16)14(13(8)17)11-5-3-10(4-6-11)9(2)15/h8,10-11H,3-7H2,1-2H3. The molecule has 1 aliphatic heterocycles. The van der Waals surface area contributed by atoms with Crippen molar-refractivity contribution in [3.8, 4) is 0 Å². The minimum absolute atomic E-state index is 0.0266. The molecule has 1 saturated carbocycles.